The lowest BCUT2D eigenvalue weighted by atomic mass is 9.91. The Bertz CT molecular complexity index is 1430. The molecule has 0 aliphatic carbocycles. The standard InChI is InChI=1S/C23H22N8O2/c1-23(2,3)19-17(24-4)20(30(28-19)16-13-9-10-14-25-16)27-26-18-21(32)29(5)31(22(18)33)15-11-7-6-8-12-15/h6-14,32H,1-3,5H3. The van der Waals surface area contributed by atoms with Gasteiger partial charge in [-0.05, 0) is 29.7 Å². The summed E-state index contributed by atoms with van der Waals surface area (Å²) in [6.07, 6.45) is 1.60. The molecule has 0 saturated carbocycles. The van der Waals surface area contributed by atoms with Crippen molar-refractivity contribution in [2.45, 2.75) is 26.2 Å². The fourth-order valence-electron chi connectivity index (χ4n) is 3.36. The normalized spacial score (nSPS) is 11.7. The molecule has 166 valence electrons. The number of para-hydroxylation sites is 1. The van der Waals surface area contributed by atoms with E-state index in [9.17, 15) is 9.90 Å². The topological polar surface area (TPSA) is 107 Å². The summed E-state index contributed by atoms with van der Waals surface area (Å²) >= 11 is 0. The maximum Gasteiger partial charge on any atom is 0.303 e. The lowest BCUT2D eigenvalue weighted by Crippen LogP contribution is -2.18. The third kappa shape index (κ3) is 3.80. The summed E-state index contributed by atoms with van der Waals surface area (Å²) in [6, 6.07) is 14.2. The number of azo groups is 1. The quantitative estimate of drug-likeness (QED) is 0.364. The predicted molar refractivity (Wildman–Crippen MR) is 123 cm³/mol. The Hall–Kier alpha value is -4.52. The molecule has 1 N–H and O–H groups in total. The molecule has 4 rings (SSSR count). The highest BCUT2D eigenvalue weighted by atomic mass is 16.3. The monoisotopic (exact) mass is 442 g/mol. The zero-order chi connectivity index (χ0) is 23.8. The zero-order valence-corrected chi connectivity index (χ0v) is 18.6. The van der Waals surface area contributed by atoms with Crippen LogP contribution >= 0.6 is 0 Å². The van der Waals surface area contributed by atoms with Crippen molar-refractivity contribution in [3.63, 3.8) is 0 Å². The Balaban J connectivity index is 1.90. The van der Waals surface area contributed by atoms with E-state index in [0.717, 1.165) is 0 Å². The molecule has 0 aliphatic heterocycles. The van der Waals surface area contributed by atoms with Crippen LogP contribution in [0.3, 0.4) is 0 Å². The number of aromatic hydroxyl groups is 1. The van der Waals surface area contributed by atoms with E-state index in [4.69, 9.17) is 6.57 Å². The van der Waals surface area contributed by atoms with E-state index in [1.807, 2.05) is 26.8 Å². The summed E-state index contributed by atoms with van der Waals surface area (Å²) in [6.45, 7) is 13.5. The zero-order valence-electron chi connectivity index (χ0n) is 18.6. The fourth-order valence-corrected chi connectivity index (χ4v) is 3.36. The molecule has 0 aliphatic rings. The second kappa shape index (κ2) is 8.20. The lowest BCUT2D eigenvalue weighted by Gasteiger charge is -2.15. The molecule has 0 saturated heterocycles. The van der Waals surface area contributed by atoms with Gasteiger partial charge >= 0.3 is 5.56 Å². The van der Waals surface area contributed by atoms with E-state index in [1.54, 1.807) is 55.7 Å². The van der Waals surface area contributed by atoms with Crippen molar-refractivity contribution >= 4 is 17.2 Å². The number of pyridine rings is 1. The van der Waals surface area contributed by atoms with Crippen molar-refractivity contribution in [1.29, 1.82) is 0 Å². The van der Waals surface area contributed by atoms with Crippen molar-refractivity contribution in [2.75, 3.05) is 0 Å². The molecule has 33 heavy (non-hydrogen) atoms. The molecule has 0 atom stereocenters. The maximum atomic E-state index is 13.0. The molecule has 10 nitrogen and oxygen atoms in total. The average molecular weight is 442 g/mol. The number of hydrogen-bond donors (Lipinski definition) is 1. The van der Waals surface area contributed by atoms with Gasteiger partial charge in [0, 0.05) is 13.2 Å². The Morgan fingerprint density at radius 2 is 1.76 bits per heavy atom. The van der Waals surface area contributed by atoms with Crippen LogP contribution in [0.4, 0.5) is 17.2 Å². The third-order valence-corrected chi connectivity index (χ3v) is 4.98. The van der Waals surface area contributed by atoms with Crippen LogP contribution in [0.1, 0.15) is 26.5 Å². The first-order chi connectivity index (χ1) is 15.7. The molecule has 4 aromatic rings. The Kier molecular flexibility index (Phi) is 5.39. The summed E-state index contributed by atoms with van der Waals surface area (Å²) in [7, 11) is 1.54. The fraction of sp³-hybridized carbons (Fsp3) is 0.217. The van der Waals surface area contributed by atoms with Crippen molar-refractivity contribution in [1.82, 2.24) is 24.1 Å². The van der Waals surface area contributed by atoms with E-state index in [0.29, 0.717) is 17.2 Å². The van der Waals surface area contributed by atoms with Crippen LogP contribution in [0.25, 0.3) is 16.4 Å². The van der Waals surface area contributed by atoms with Crippen molar-refractivity contribution < 1.29 is 5.11 Å². The highest BCUT2D eigenvalue weighted by molar-refractivity contribution is 5.69. The molecular weight excluding hydrogens is 420 g/mol. The number of rotatable bonds is 4. The van der Waals surface area contributed by atoms with Crippen LogP contribution < -0.4 is 5.56 Å². The molecule has 10 heteroatoms. The maximum absolute atomic E-state index is 13.0. The van der Waals surface area contributed by atoms with Gasteiger partial charge in [0.05, 0.1) is 18.0 Å². The molecule has 0 bridgehead atoms. The smallest absolute Gasteiger partial charge is 0.303 e. The minimum atomic E-state index is -0.547. The second-order valence-electron chi connectivity index (χ2n) is 8.33. The summed E-state index contributed by atoms with van der Waals surface area (Å²) < 4.78 is 4.00. The predicted octanol–water partition coefficient (Wildman–Crippen LogP) is 4.73. The Morgan fingerprint density at radius 3 is 2.36 bits per heavy atom. The van der Waals surface area contributed by atoms with Crippen LogP contribution in [0.15, 0.2) is 69.8 Å². The van der Waals surface area contributed by atoms with Gasteiger partial charge in [-0.1, -0.05) is 45.0 Å². The van der Waals surface area contributed by atoms with E-state index in [1.165, 1.54) is 14.0 Å². The van der Waals surface area contributed by atoms with Crippen molar-refractivity contribution in [2.24, 2.45) is 17.3 Å². The molecule has 0 unspecified atom stereocenters. The highest BCUT2D eigenvalue weighted by Crippen LogP contribution is 2.40. The lowest BCUT2D eigenvalue weighted by molar-refractivity contribution is 0.408. The van der Waals surface area contributed by atoms with Crippen LogP contribution in [0.5, 0.6) is 5.88 Å². The largest absolute Gasteiger partial charge is 0.492 e. The van der Waals surface area contributed by atoms with Crippen LogP contribution in [0, 0.1) is 6.57 Å². The van der Waals surface area contributed by atoms with E-state index in [-0.39, 0.29) is 23.1 Å². The summed E-state index contributed by atoms with van der Waals surface area (Å²) in [5.74, 6) is 0.227. The summed E-state index contributed by atoms with van der Waals surface area (Å²) in [5, 5.41) is 23.4. The summed E-state index contributed by atoms with van der Waals surface area (Å²) in [5.41, 5.74) is 0.0561. The van der Waals surface area contributed by atoms with Gasteiger partial charge < -0.3 is 5.11 Å². The minimum absolute atomic E-state index is 0.127. The SMILES string of the molecule is [C-]#[N+]c1c(C(C)(C)C)nn(-c2ccccn2)c1N=Nc1c(O)n(C)n(-c2ccccc2)c1=O. The van der Waals surface area contributed by atoms with Crippen LogP contribution in [0.2, 0.25) is 0 Å². The molecule has 0 radical (unpaired) electrons. The number of aromatic nitrogens is 5. The molecule has 0 amide bonds. The van der Waals surface area contributed by atoms with E-state index >= 15 is 0 Å². The highest BCUT2D eigenvalue weighted by Gasteiger charge is 2.28. The first-order valence-electron chi connectivity index (χ1n) is 10.1. The first-order valence-corrected chi connectivity index (χ1v) is 10.1. The van der Waals surface area contributed by atoms with Gasteiger partial charge in [-0.2, -0.15) is 5.10 Å². The number of nitrogens with zero attached hydrogens (tertiary/aromatic N) is 8. The second-order valence-corrected chi connectivity index (χ2v) is 8.33. The van der Waals surface area contributed by atoms with Gasteiger partial charge in [-0.3, -0.25) is 4.79 Å². The Morgan fingerprint density at radius 1 is 1.06 bits per heavy atom. The van der Waals surface area contributed by atoms with Gasteiger partial charge in [0.15, 0.2) is 11.6 Å². The number of benzene rings is 1. The van der Waals surface area contributed by atoms with Gasteiger partial charge in [0.2, 0.25) is 11.6 Å². The summed E-state index contributed by atoms with van der Waals surface area (Å²) in [4.78, 5) is 21.0. The van der Waals surface area contributed by atoms with Gasteiger partial charge in [0.1, 0.15) is 0 Å². The van der Waals surface area contributed by atoms with E-state index < -0.39 is 11.0 Å². The van der Waals surface area contributed by atoms with E-state index in [2.05, 4.69) is 25.2 Å². The van der Waals surface area contributed by atoms with Gasteiger partial charge in [0.25, 0.3) is 5.69 Å². The van der Waals surface area contributed by atoms with Crippen LogP contribution in [-0.2, 0) is 12.5 Å². The average Bonchev–Trinajstić information content (AvgIpc) is 3.28. The van der Waals surface area contributed by atoms with Crippen LogP contribution in [-0.4, -0.2) is 29.2 Å². The minimum Gasteiger partial charge on any atom is -0.492 e. The van der Waals surface area contributed by atoms with Gasteiger partial charge in [-0.25, -0.2) is 23.9 Å². The van der Waals surface area contributed by atoms with Gasteiger partial charge in [-0.15, -0.1) is 10.2 Å². The molecule has 0 fully saturated rings. The Labute approximate surface area is 189 Å². The number of hydrogen-bond acceptors (Lipinski definition) is 6. The molecule has 3 heterocycles. The molecule has 1 aromatic carbocycles. The molecular formula is C23H22N8O2. The third-order valence-electron chi connectivity index (χ3n) is 4.98. The first kappa shape index (κ1) is 21.7. The molecule has 0 spiro atoms. The molecule has 3 aromatic heterocycles. The van der Waals surface area contributed by atoms with Crippen molar-refractivity contribution in [3.05, 3.63) is 82.2 Å². The van der Waals surface area contributed by atoms with Crippen molar-refractivity contribution in [3.8, 4) is 17.4 Å².